The van der Waals surface area contributed by atoms with Gasteiger partial charge in [-0.25, -0.2) is 4.99 Å². The first-order valence-corrected chi connectivity index (χ1v) is 8.72. The highest BCUT2D eigenvalue weighted by Gasteiger charge is 2.42. The average molecular weight is 332 g/mol. The molecule has 1 heterocycles. The Balaban J connectivity index is 1.84. The first-order valence-electron chi connectivity index (χ1n) is 8.72. The summed E-state index contributed by atoms with van der Waals surface area (Å²) in [4.78, 5) is 32.9. The fourth-order valence-corrected chi connectivity index (χ4v) is 3.64. The molecule has 4 heteroatoms. The summed E-state index contributed by atoms with van der Waals surface area (Å²) in [6, 6.07) is 14.2. The summed E-state index contributed by atoms with van der Waals surface area (Å²) < 4.78 is 0. The second kappa shape index (κ2) is 6.37. The molecule has 4 rings (SSSR count). The van der Waals surface area contributed by atoms with E-state index < -0.39 is 6.04 Å². The zero-order valence-electron chi connectivity index (χ0n) is 14.2. The molecule has 1 fully saturated rings. The van der Waals surface area contributed by atoms with Crippen LogP contribution in [0.25, 0.3) is 0 Å². The van der Waals surface area contributed by atoms with Crippen LogP contribution in [0, 0.1) is 6.92 Å². The Bertz CT molecular complexity index is 862. The molecule has 25 heavy (non-hydrogen) atoms. The Labute approximate surface area is 147 Å². The Morgan fingerprint density at radius 3 is 2.24 bits per heavy atom. The van der Waals surface area contributed by atoms with E-state index in [2.05, 4.69) is 9.89 Å². The fraction of sp³-hybridized carbons (Fsp3) is 0.286. The molecule has 1 atom stereocenters. The number of nitrogens with zero attached hydrogens (tertiary/aromatic N) is 2. The lowest BCUT2D eigenvalue weighted by atomic mass is 9.83. The number of Topliss-reactive ketones (excluding diaryl/α,β-unsaturated/α-hetero) is 2. The average Bonchev–Trinajstić information content (AvgIpc) is 3.15. The maximum absolute atomic E-state index is 13.1. The van der Waals surface area contributed by atoms with Gasteiger partial charge < -0.3 is 0 Å². The van der Waals surface area contributed by atoms with Crippen molar-refractivity contribution in [2.45, 2.75) is 25.8 Å². The van der Waals surface area contributed by atoms with E-state index in [0.29, 0.717) is 22.5 Å². The van der Waals surface area contributed by atoms with Crippen LogP contribution >= 0.6 is 0 Å². The monoisotopic (exact) mass is 332 g/mol. The van der Waals surface area contributed by atoms with Crippen LogP contribution in [-0.2, 0) is 0 Å². The van der Waals surface area contributed by atoms with Gasteiger partial charge in [0.2, 0.25) is 5.78 Å². The molecule has 0 aromatic heterocycles. The highest BCUT2D eigenvalue weighted by molar-refractivity contribution is 6.55. The van der Waals surface area contributed by atoms with Crippen molar-refractivity contribution in [1.29, 1.82) is 0 Å². The van der Waals surface area contributed by atoms with E-state index in [1.165, 1.54) is 0 Å². The van der Waals surface area contributed by atoms with E-state index in [9.17, 15) is 9.59 Å². The predicted molar refractivity (Wildman–Crippen MR) is 98.0 cm³/mol. The molecule has 2 aromatic rings. The largest absolute Gasteiger partial charge is 0.292 e. The lowest BCUT2D eigenvalue weighted by Crippen LogP contribution is -2.51. The van der Waals surface area contributed by atoms with Crippen LogP contribution in [0.3, 0.4) is 0 Å². The van der Waals surface area contributed by atoms with Crippen LogP contribution in [0.4, 0.5) is 5.69 Å². The number of carbonyl (C=O) groups excluding carboxylic acids is 2. The maximum Gasteiger partial charge on any atom is 0.210 e. The van der Waals surface area contributed by atoms with Gasteiger partial charge in [-0.05, 0) is 45.0 Å². The van der Waals surface area contributed by atoms with Crippen LogP contribution in [0.5, 0.6) is 0 Å². The van der Waals surface area contributed by atoms with Crippen molar-refractivity contribution >= 4 is 23.0 Å². The van der Waals surface area contributed by atoms with E-state index in [1.54, 1.807) is 18.2 Å². The summed E-state index contributed by atoms with van der Waals surface area (Å²) in [7, 11) is 0. The number of fused-ring (bicyclic) bond motifs is 1. The smallest absolute Gasteiger partial charge is 0.210 e. The van der Waals surface area contributed by atoms with Crippen LogP contribution < -0.4 is 0 Å². The van der Waals surface area contributed by atoms with Crippen molar-refractivity contribution in [3.05, 3.63) is 65.2 Å². The van der Waals surface area contributed by atoms with E-state index in [4.69, 9.17) is 0 Å². The SMILES string of the molecule is Cc1ccc(N=C2C(=O)c3ccccc3C(=O)C2N2CCCC2)cc1. The number of ketones is 2. The normalized spacial score (nSPS) is 22.4. The molecule has 2 aliphatic rings. The molecule has 4 nitrogen and oxygen atoms in total. The molecule has 0 N–H and O–H groups in total. The quantitative estimate of drug-likeness (QED) is 0.844. The van der Waals surface area contributed by atoms with Crippen molar-refractivity contribution < 1.29 is 9.59 Å². The molecule has 0 saturated carbocycles. The number of hydrogen-bond acceptors (Lipinski definition) is 4. The number of hydrogen-bond donors (Lipinski definition) is 0. The summed E-state index contributed by atoms with van der Waals surface area (Å²) in [5.41, 5.74) is 3.19. The molecular weight excluding hydrogens is 312 g/mol. The predicted octanol–water partition coefficient (Wildman–Crippen LogP) is 3.61. The molecule has 2 aromatic carbocycles. The number of aryl methyl sites for hydroxylation is 1. The molecule has 0 spiro atoms. The molecule has 1 unspecified atom stereocenters. The summed E-state index contributed by atoms with van der Waals surface area (Å²) in [6.07, 6.45) is 2.11. The Morgan fingerprint density at radius 2 is 1.56 bits per heavy atom. The van der Waals surface area contributed by atoms with Gasteiger partial charge in [-0.1, -0.05) is 42.0 Å². The second-order valence-corrected chi connectivity index (χ2v) is 6.72. The van der Waals surface area contributed by atoms with Crippen molar-refractivity contribution in [1.82, 2.24) is 4.90 Å². The van der Waals surface area contributed by atoms with Crippen LogP contribution in [0.2, 0.25) is 0 Å². The standard InChI is InChI=1S/C21H20N2O2/c1-14-8-10-15(11-9-14)22-18-19(23-12-4-5-13-23)21(25)17-7-3-2-6-16(17)20(18)24/h2-3,6-11,19H,4-5,12-13H2,1H3. The van der Waals surface area contributed by atoms with Crippen LogP contribution in [0.15, 0.2) is 53.5 Å². The first kappa shape index (κ1) is 15.9. The third-order valence-corrected chi connectivity index (χ3v) is 4.97. The zero-order chi connectivity index (χ0) is 17.4. The lowest BCUT2D eigenvalue weighted by Gasteiger charge is -2.31. The fourth-order valence-electron chi connectivity index (χ4n) is 3.64. The topological polar surface area (TPSA) is 49.7 Å². The summed E-state index contributed by atoms with van der Waals surface area (Å²) in [5, 5.41) is 0. The van der Waals surface area contributed by atoms with Crippen molar-refractivity contribution in [3.8, 4) is 0 Å². The van der Waals surface area contributed by atoms with Gasteiger partial charge in [-0.15, -0.1) is 0 Å². The third kappa shape index (κ3) is 2.83. The lowest BCUT2D eigenvalue weighted by molar-refractivity contribution is 0.0873. The minimum atomic E-state index is -0.564. The highest BCUT2D eigenvalue weighted by atomic mass is 16.1. The number of rotatable bonds is 2. The van der Waals surface area contributed by atoms with Crippen molar-refractivity contribution in [2.75, 3.05) is 13.1 Å². The molecular formula is C21H20N2O2. The minimum absolute atomic E-state index is 0.0111. The molecule has 0 radical (unpaired) electrons. The van der Waals surface area contributed by atoms with E-state index >= 15 is 0 Å². The van der Waals surface area contributed by atoms with Gasteiger partial charge in [0, 0.05) is 11.1 Å². The van der Waals surface area contributed by atoms with Gasteiger partial charge in [-0.2, -0.15) is 0 Å². The molecule has 0 bridgehead atoms. The van der Waals surface area contributed by atoms with Gasteiger partial charge in [0.25, 0.3) is 0 Å². The van der Waals surface area contributed by atoms with Gasteiger partial charge in [-0.3, -0.25) is 14.5 Å². The maximum atomic E-state index is 13.1. The van der Waals surface area contributed by atoms with Gasteiger partial charge in [0.15, 0.2) is 5.78 Å². The summed E-state index contributed by atoms with van der Waals surface area (Å²) >= 11 is 0. The number of carbonyl (C=O) groups is 2. The highest BCUT2D eigenvalue weighted by Crippen LogP contribution is 2.27. The van der Waals surface area contributed by atoms with Crippen molar-refractivity contribution in [2.24, 2.45) is 4.99 Å². The van der Waals surface area contributed by atoms with Crippen molar-refractivity contribution in [3.63, 3.8) is 0 Å². The molecule has 1 aliphatic carbocycles. The van der Waals surface area contributed by atoms with E-state index in [0.717, 1.165) is 31.5 Å². The second-order valence-electron chi connectivity index (χ2n) is 6.72. The summed E-state index contributed by atoms with van der Waals surface area (Å²) in [6.45, 7) is 3.67. The van der Waals surface area contributed by atoms with Crippen LogP contribution in [-0.4, -0.2) is 41.3 Å². The van der Waals surface area contributed by atoms with E-state index in [-0.39, 0.29) is 11.6 Å². The zero-order valence-corrected chi connectivity index (χ0v) is 14.2. The molecule has 1 saturated heterocycles. The number of benzene rings is 2. The Kier molecular flexibility index (Phi) is 4.06. The third-order valence-electron chi connectivity index (χ3n) is 4.97. The number of likely N-dealkylation sites (tertiary alicyclic amines) is 1. The minimum Gasteiger partial charge on any atom is -0.292 e. The van der Waals surface area contributed by atoms with Crippen LogP contribution in [0.1, 0.15) is 39.1 Å². The number of aliphatic imine (C=N–C) groups is 1. The van der Waals surface area contributed by atoms with E-state index in [1.807, 2.05) is 37.3 Å². The Morgan fingerprint density at radius 1 is 0.920 bits per heavy atom. The van der Waals surface area contributed by atoms with Gasteiger partial charge >= 0.3 is 0 Å². The van der Waals surface area contributed by atoms with Gasteiger partial charge in [0.1, 0.15) is 11.8 Å². The molecule has 126 valence electrons. The molecule has 1 aliphatic heterocycles. The van der Waals surface area contributed by atoms with Gasteiger partial charge in [0.05, 0.1) is 5.69 Å². The Hall–Kier alpha value is -2.59. The molecule has 0 amide bonds. The first-order chi connectivity index (χ1) is 12.1. The summed E-state index contributed by atoms with van der Waals surface area (Å²) in [5.74, 6) is -0.143.